The lowest BCUT2D eigenvalue weighted by Gasteiger charge is -2.33. The maximum Gasteiger partial charge on any atom is 0.466 e. The molecule has 0 bridgehead atoms. The van der Waals surface area contributed by atoms with Gasteiger partial charge in [0.05, 0.1) is 6.61 Å². The van der Waals surface area contributed by atoms with Crippen LogP contribution in [-0.4, -0.2) is 60.8 Å². The van der Waals surface area contributed by atoms with E-state index in [0.29, 0.717) is 0 Å². The molecule has 33 heavy (non-hydrogen) atoms. The molecular formula is C14H12F10NO7S-. The van der Waals surface area contributed by atoms with Crippen molar-refractivity contribution in [2.24, 2.45) is 0 Å². The third-order valence-corrected chi connectivity index (χ3v) is 4.34. The van der Waals surface area contributed by atoms with E-state index in [-0.39, 0.29) is 6.20 Å². The van der Waals surface area contributed by atoms with Crippen LogP contribution >= 0.6 is 0 Å². The zero-order chi connectivity index (χ0) is 26.7. The van der Waals surface area contributed by atoms with Gasteiger partial charge in [-0.05, 0) is 12.6 Å². The summed E-state index contributed by atoms with van der Waals surface area (Å²) in [6, 6.07) is 0. The summed E-state index contributed by atoms with van der Waals surface area (Å²) in [5, 5.41) is -5.02. The molecule has 0 aromatic heterocycles. The van der Waals surface area contributed by atoms with Crippen molar-refractivity contribution in [3.63, 3.8) is 0 Å². The lowest BCUT2D eigenvalue weighted by molar-refractivity contribution is -0.348. The minimum atomic E-state index is -6.92. The summed E-state index contributed by atoms with van der Waals surface area (Å²) in [7, 11) is -6.92. The molecule has 0 radical (unpaired) electrons. The molecule has 0 aromatic rings. The van der Waals surface area contributed by atoms with Gasteiger partial charge in [0.25, 0.3) is 0 Å². The first-order valence-electron chi connectivity index (χ1n) is 7.81. The number of amides is 1. The Bertz CT molecular complexity index is 882. The molecule has 0 aliphatic rings. The normalized spacial score (nSPS) is 15.4. The maximum absolute atomic E-state index is 13.5. The lowest BCUT2D eigenvalue weighted by Crippen LogP contribution is -2.61. The molecule has 0 fully saturated rings. The molecule has 1 amide bonds. The van der Waals surface area contributed by atoms with E-state index in [9.17, 15) is 66.5 Å². The second kappa shape index (κ2) is 9.84. The Morgan fingerprint density at radius 2 is 1.48 bits per heavy atom. The van der Waals surface area contributed by atoms with Crippen LogP contribution in [0.15, 0.2) is 24.9 Å². The highest BCUT2D eigenvalue weighted by Crippen LogP contribution is 2.42. The molecule has 0 aliphatic carbocycles. The smallest absolute Gasteiger partial charge is 0.466 e. The van der Waals surface area contributed by atoms with Gasteiger partial charge in [0.15, 0.2) is 10.1 Å². The van der Waals surface area contributed by atoms with Gasteiger partial charge in [0, 0.05) is 6.42 Å². The number of rotatable bonds is 11. The number of nitrogens with one attached hydrogen (secondary N) is 1. The second-order valence-electron chi connectivity index (χ2n) is 5.79. The summed E-state index contributed by atoms with van der Waals surface area (Å²) in [6.45, 7) is 3.05. The van der Waals surface area contributed by atoms with Crippen molar-refractivity contribution in [2.45, 2.75) is 42.2 Å². The van der Waals surface area contributed by atoms with E-state index < -0.39 is 76.3 Å². The van der Waals surface area contributed by atoms with E-state index in [4.69, 9.17) is 0 Å². The largest absolute Gasteiger partial charge is 0.743 e. The van der Waals surface area contributed by atoms with E-state index in [1.165, 1.54) is 5.32 Å². The predicted octanol–water partition coefficient (Wildman–Crippen LogP) is 2.74. The van der Waals surface area contributed by atoms with Gasteiger partial charge in [-0.15, -0.1) is 0 Å². The van der Waals surface area contributed by atoms with Gasteiger partial charge in [-0.3, -0.25) is 4.79 Å². The van der Waals surface area contributed by atoms with Gasteiger partial charge in [-0.1, -0.05) is 13.2 Å². The number of carbonyl (C=O) groups is 2. The Labute approximate surface area is 177 Å². The molecule has 1 atom stereocenters. The summed E-state index contributed by atoms with van der Waals surface area (Å²) in [5.74, 6) is -16.0. The molecular weight excluding hydrogens is 516 g/mol. The number of esters is 1. The molecule has 0 saturated carbocycles. The number of hydrogen-bond donors (Lipinski definition) is 1. The molecule has 1 N–H and O–H groups in total. The fraction of sp³-hybridized carbons (Fsp3) is 0.571. The summed E-state index contributed by atoms with van der Waals surface area (Å²) in [4.78, 5) is 23.2. The molecule has 0 heterocycles. The summed E-state index contributed by atoms with van der Waals surface area (Å²) >= 11 is 0. The van der Waals surface area contributed by atoms with Gasteiger partial charge in [-0.2, -0.15) is 43.9 Å². The topological polar surface area (TPSA) is 122 Å². The van der Waals surface area contributed by atoms with E-state index in [1.54, 1.807) is 0 Å². The van der Waals surface area contributed by atoms with Crippen molar-refractivity contribution in [3.8, 4) is 0 Å². The van der Waals surface area contributed by atoms with Gasteiger partial charge in [-0.25, -0.2) is 13.2 Å². The van der Waals surface area contributed by atoms with E-state index >= 15 is 0 Å². The highest BCUT2D eigenvalue weighted by molar-refractivity contribution is 7.86. The Morgan fingerprint density at radius 3 is 1.85 bits per heavy atom. The molecule has 0 aliphatic heterocycles. The third kappa shape index (κ3) is 6.79. The van der Waals surface area contributed by atoms with Gasteiger partial charge in [0.1, 0.15) is 5.57 Å². The molecule has 0 aromatic carbocycles. The molecule has 192 valence electrons. The first-order valence-corrected chi connectivity index (χ1v) is 9.22. The average molecular weight is 528 g/mol. The molecule has 19 heteroatoms. The fourth-order valence-corrected chi connectivity index (χ4v) is 2.21. The van der Waals surface area contributed by atoms with E-state index in [0.717, 1.165) is 0 Å². The molecule has 0 spiro atoms. The molecule has 1 unspecified atom stereocenters. The standard InChI is InChI=1S/C14H13F10NO7S/c1-3-25-9(27)11(13(20,21)22,32-8(26)7(2)12(17,18)19)31-6-4-5-10(15,16)14(23,24)33(28,29)30/h3H,1-2,4-6H2,(H,25,27)(H,28,29,30)/p-1. The molecule has 0 rings (SSSR count). The minimum absolute atomic E-state index is 0.229. The highest BCUT2D eigenvalue weighted by atomic mass is 32.2. The lowest BCUT2D eigenvalue weighted by atomic mass is 10.2. The fourth-order valence-electron chi connectivity index (χ4n) is 1.74. The first kappa shape index (κ1) is 30.6. The van der Waals surface area contributed by atoms with Crippen molar-refractivity contribution < 1.29 is 75.9 Å². The average Bonchev–Trinajstić information content (AvgIpc) is 2.60. The van der Waals surface area contributed by atoms with Crippen LogP contribution < -0.4 is 5.32 Å². The minimum Gasteiger partial charge on any atom is -0.743 e. The monoisotopic (exact) mass is 528 g/mol. The van der Waals surface area contributed by atoms with Crippen molar-refractivity contribution in [2.75, 3.05) is 6.61 Å². The maximum atomic E-state index is 13.5. The van der Waals surface area contributed by atoms with Gasteiger partial charge >= 0.3 is 41.2 Å². The third-order valence-electron chi connectivity index (χ3n) is 3.41. The first-order chi connectivity index (χ1) is 14.5. The Hall–Kier alpha value is -2.41. The van der Waals surface area contributed by atoms with Crippen molar-refractivity contribution >= 4 is 22.0 Å². The summed E-state index contributed by atoms with van der Waals surface area (Å²) < 4.78 is 169. The SMILES string of the molecule is C=CNC(=O)C(OCCCC(F)(F)C(F)(F)S(=O)(=O)[O-])(OC(=O)C(=C)C(F)(F)F)C(F)(F)F. The van der Waals surface area contributed by atoms with Crippen molar-refractivity contribution in [1.82, 2.24) is 5.32 Å². The number of carbonyl (C=O) groups excluding carboxylic acids is 2. The van der Waals surface area contributed by atoms with Gasteiger partial charge < -0.3 is 19.3 Å². The zero-order valence-corrected chi connectivity index (χ0v) is 16.5. The second-order valence-corrected chi connectivity index (χ2v) is 7.21. The Morgan fingerprint density at radius 1 is 1.00 bits per heavy atom. The van der Waals surface area contributed by atoms with Crippen molar-refractivity contribution in [3.05, 3.63) is 24.9 Å². The molecule has 0 saturated heterocycles. The Kier molecular flexibility index (Phi) is 9.12. The Balaban J connectivity index is 5.92. The van der Waals surface area contributed by atoms with Crippen LogP contribution in [0.2, 0.25) is 0 Å². The zero-order valence-electron chi connectivity index (χ0n) is 15.7. The number of hydrogen-bond acceptors (Lipinski definition) is 7. The van der Waals surface area contributed by atoms with Crippen LogP contribution in [0.5, 0.6) is 0 Å². The summed E-state index contributed by atoms with van der Waals surface area (Å²) in [5.41, 5.74) is -2.54. The quantitative estimate of drug-likeness (QED) is 0.109. The number of halogens is 10. The van der Waals surface area contributed by atoms with Crippen molar-refractivity contribution in [1.29, 1.82) is 0 Å². The van der Waals surface area contributed by atoms with E-state index in [1.807, 2.05) is 0 Å². The summed E-state index contributed by atoms with van der Waals surface area (Å²) in [6.07, 6.45) is -15.6. The number of alkyl halides is 10. The van der Waals surface area contributed by atoms with Crippen LogP contribution in [0.1, 0.15) is 12.8 Å². The van der Waals surface area contributed by atoms with Gasteiger partial charge in [0.2, 0.25) is 0 Å². The molecule has 8 nitrogen and oxygen atoms in total. The number of ether oxygens (including phenoxy) is 2. The van der Waals surface area contributed by atoms with Crippen LogP contribution in [0, 0.1) is 0 Å². The van der Waals surface area contributed by atoms with E-state index in [2.05, 4.69) is 22.6 Å². The van der Waals surface area contributed by atoms with Crippen LogP contribution in [0.4, 0.5) is 43.9 Å². The highest BCUT2D eigenvalue weighted by Gasteiger charge is 2.67. The predicted molar refractivity (Wildman–Crippen MR) is 83.2 cm³/mol. The van der Waals surface area contributed by atoms with Crippen LogP contribution in [0.3, 0.4) is 0 Å². The van der Waals surface area contributed by atoms with Crippen LogP contribution in [0.25, 0.3) is 0 Å². The van der Waals surface area contributed by atoms with Crippen LogP contribution in [-0.2, 0) is 29.2 Å².